The van der Waals surface area contributed by atoms with Crippen molar-refractivity contribution in [1.29, 1.82) is 0 Å². The van der Waals surface area contributed by atoms with E-state index in [0.717, 1.165) is 58.4 Å². The Kier molecular flexibility index (Phi) is 7.53. The van der Waals surface area contributed by atoms with Gasteiger partial charge in [0, 0.05) is 38.1 Å². The molecule has 2 fully saturated rings. The third-order valence-electron chi connectivity index (χ3n) is 5.87. The molecule has 1 aliphatic heterocycles. The molecule has 0 bridgehead atoms. The largest absolute Gasteiger partial charge is 0.379 e. The van der Waals surface area contributed by atoms with E-state index in [0.29, 0.717) is 5.92 Å². The van der Waals surface area contributed by atoms with E-state index in [1.807, 2.05) is 0 Å². The minimum absolute atomic E-state index is 0.239. The van der Waals surface area contributed by atoms with Crippen LogP contribution in [0, 0.1) is 5.92 Å². The molecule has 1 heterocycles. The molecule has 0 spiro atoms. The van der Waals surface area contributed by atoms with E-state index in [-0.39, 0.29) is 5.41 Å². The Labute approximate surface area is 164 Å². The quantitative estimate of drug-likeness (QED) is 0.544. The first-order valence-corrected chi connectivity index (χ1v) is 10.6. The summed E-state index contributed by atoms with van der Waals surface area (Å²) in [6.45, 7) is 12.1. The van der Waals surface area contributed by atoms with Crippen molar-refractivity contribution in [3.05, 3.63) is 35.9 Å². The fourth-order valence-corrected chi connectivity index (χ4v) is 4.07. The topological polar surface area (TPSA) is 48.9 Å². The molecule has 27 heavy (non-hydrogen) atoms. The van der Waals surface area contributed by atoms with Gasteiger partial charge >= 0.3 is 0 Å². The van der Waals surface area contributed by atoms with E-state index in [9.17, 15) is 0 Å². The summed E-state index contributed by atoms with van der Waals surface area (Å²) in [6.07, 6.45) is 3.80. The SMILES string of the molecule is CCNC(=NCC1(c2ccccc2)CCC1)NCC(C)CN1CCOCC1. The molecule has 1 atom stereocenters. The molecule has 5 nitrogen and oxygen atoms in total. The van der Waals surface area contributed by atoms with Crippen molar-refractivity contribution in [3.63, 3.8) is 0 Å². The summed E-state index contributed by atoms with van der Waals surface area (Å²) in [6, 6.07) is 10.9. The molecule has 1 aliphatic carbocycles. The highest BCUT2D eigenvalue weighted by Gasteiger charge is 2.38. The molecular formula is C22H36N4O. The fourth-order valence-electron chi connectivity index (χ4n) is 4.07. The van der Waals surface area contributed by atoms with Crippen molar-refractivity contribution in [2.75, 3.05) is 52.5 Å². The Bertz CT molecular complexity index is 579. The summed E-state index contributed by atoms with van der Waals surface area (Å²) in [5.41, 5.74) is 1.68. The third kappa shape index (κ3) is 5.69. The average Bonchev–Trinajstić information content (AvgIpc) is 2.67. The number of aliphatic imine (C=N–C) groups is 1. The first kappa shape index (κ1) is 20.2. The van der Waals surface area contributed by atoms with Crippen LogP contribution in [0.25, 0.3) is 0 Å². The van der Waals surface area contributed by atoms with Crippen LogP contribution in [0.2, 0.25) is 0 Å². The van der Waals surface area contributed by atoms with Gasteiger partial charge in [-0.25, -0.2) is 0 Å². The van der Waals surface area contributed by atoms with Gasteiger partial charge < -0.3 is 15.4 Å². The van der Waals surface area contributed by atoms with Crippen molar-refractivity contribution in [2.45, 2.75) is 38.5 Å². The molecule has 3 rings (SSSR count). The Morgan fingerprint density at radius 1 is 1.19 bits per heavy atom. The second-order valence-corrected chi connectivity index (χ2v) is 8.09. The molecule has 1 saturated carbocycles. The van der Waals surface area contributed by atoms with E-state index >= 15 is 0 Å². The van der Waals surface area contributed by atoms with Gasteiger partial charge in [0.2, 0.25) is 0 Å². The molecule has 0 aromatic heterocycles. The predicted molar refractivity (Wildman–Crippen MR) is 112 cm³/mol. The molecule has 2 aliphatic rings. The van der Waals surface area contributed by atoms with Crippen LogP contribution in [0.1, 0.15) is 38.7 Å². The van der Waals surface area contributed by atoms with Crippen molar-refractivity contribution < 1.29 is 4.74 Å². The summed E-state index contributed by atoms with van der Waals surface area (Å²) < 4.78 is 5.44. The highest BCUT2D eigenvalue weighted by atomic mass is 16.5. The van der Waals surface area contributed by atoms with Crippen LogP contribution in [-0.4, -0.2) is 63.3 Å². The molecule has 1 aromatic carbocycles. The number of benzene rings is 1. The number of ether oxygens (including phenoxy) is 1. The van der Waals surface area contributed by atoms with Gasteiger partial charge in [-0.1, -0.05) is 43.7 Å². The van der Waals surface area contributed by atoms with Gasteiger partial charge in [0.05, 0.1) is 19.8 Å². The van der Waals surface area contributed by atoms with Gasteiger partial charge in [0.15, 0.2) is 5.96 Å². The minimum atomic E-state index is 0.239. The fraction of sp³-hybridized carbons (Fsp3) is 0.682. The smallest absolute Gasteiger partial charge is 0.191 e. The lowest BCUT2D eigenvalue weighted by molar-refractivity contribution is 0.0320. The van der Waals surface area contributed by atoms with Crippen LogP contribution in [0.3, 0.4) is 0 Å². The van der Waals surface area contributed by atoms with Crippen LogP contribution >= 0.6 is 0 Å². The van der Waals surface area contributed by atoms with Gasteiger partial charge in [-0.2, -0.15) is 0 Å². The van der Waals surface area contributed by atoms with Crippen molar-refractivity contribution in [3.8, 4) is 0 Å². The zero-order valence-electron chi connectivity index (χ0n) is 17.0. The van der Waals surface area contributed by atoms with E-state index in [1.54, 1.807) is 0 Å². The molecule has 2 N–H and O–H groups in total. The molecule has 0 amide bonds. The summed E-state index contributed by atoms with van der Waals surface area (Å²) in [5, 5.41) is 6.98. The molecule has 1 aromatic rings. The number of nitrogens with one attached hydrogen (secondary N) is 2. The van der Waals surface area contributed by atoms with Crippen molar-refractivity contribution in [2.24, 2.45) is 10.9 Å². The Morgan fingerprint density at radius 3 is 2.56 bits per heavy atom. The monoisotopic (exact) mass is 372 g/mol. The molecule has 1 unspecified atom stereocenters. The number of hydrogen-bond donors (Lipinski definition) is 2. The normalized spacial score (nSPS) is 21.3. The average molecular weight is 373 g/mol. The second kappa shape index (κ2) is 10.1. The lowest BCUT2D eigenvalue weighted by Gasteiger charge is -2.41. The van der Waals surface area contributed by atoms with Gasteiger partial charge in [0.1, 0.15) is 0 Å². The maximum absolute atomic E-state index is 5.44. The molecule has 1 saturated heterocycles. The number of rotatable bonds is 8. The standard InChI is InChI=1S/C22H36N4O/c1-3-23-21(24-16-19(2)17-26-12-14-27-15-13-26)25-18-22(10-7-11-22)20-8-5-4-6-9-20/h4-6,8-9,19H,3,7,10-18H2,1-2H3,(H2,23,24,25). The molecular weight excluding hydrogens is 336 g/mol. The lowest BCUT2D eigenvalue weighted by atomic mass is 9.64. The van der Waals surface area contributed by atoms with Crippen molar-refractivity contribution in [1.82, 2.24) is 15.5 Å². The second-order valence-electron chi connectivity index (χ2n) is 8.09. The zero-order chi connectivity index (χ0) is 19.0. The Balaban J connectivity index is 1.53. The number of morpholine rings is 1. The summed E-state index contributed by atoms with van der Waals surface area (Å²) >= 11 is 0. The summed E-state index contributed by atoms with van der Waals surface area (Å²) in [4.78, 5) is 7.46. The van der Waals surface area contributed by atoms with Crippen LogP contribution in [0.15, 0.2) is 35.3 Å². The number of hydrogen-bond acceptors (Lipinski definition) is 3. The Hall–Kier alpha value is -1.59. The molecule has 0 radical (unpaired) electrons. The van der Waals surface area contributed by atoms with E-state index in [2.05, 4.69) is 59.7 Å². The maximum atomic E-state index is 5.44. The van der Waals surface area contributed by atoms with Crippen molar-refractivity contribution >= 4 is 5.96 Å². The maximum Gasteiger partial charge on any atom is 0.191 e. The van der Waals surface area contributed by atoms with E-state index < -0.39 is 0 Å². The zero-order valence-corrected chi connectivity index (χ0v) is 17.0. The lowest BCUT2D eigenvalue weighted by Crippen LogP contribution is -2.45. The van der Waals surface area contributed by atoms with Gasteiger partial charge in [-0.15, -0.1) is 0 Å². The highest BCUT2D eigenvalue weighted by molar-refractivity contribution is 5.79. The first-order chi connectivity index (χ1) is 13.2. The predicted octanol–water partition coefficient (Wildman–Crippen LogP) is 2.63. The van der Waals surface area contributed by atoms with Gasteiger partial charge in [-0.05, 0) is 31.2 Å². The first-order valence-electron chi connectivity index (χ1n) is 10.6. The Morgan fingerprint density at radius 2 is 1.93 bits per heavy atom. The van der Waals surface area contributed by atoms with E-state index in [4.69, 9.17) is 9.73 Å². The van der Waals surface area contributed by atoms with Crippen LogP contribution in [-0.2, 0) is 10.2 Å². The third-order valence-corrected chi connectivity index (χ3v) is 5.87. The highest BCUT2D eigenvalue weighted by Crippen LogP contribution is 2.43. The number of nitrogens with zero attached hydrogens (tertiary/aromatic N) is 2. The van der Waals surface area contributed by atoms with Gasteiger partial charge in [0.25, 0.3) is 0 Å². The van der Waals surface area contributed by atoms with Crippen LogP contribution in [0.5, 0.6) is 0 Å². The van der Waals surface area contributed by atoms with Crippen LogP contribution in [0.4, 0.5) is 0 Å². The minimum Gasteiger partial charge on any atom is -0.379 e. The number of guanidine groups is 1. The summed E-state index contributed by atoms with van der Waals surface area (Å²) in [7, 11) is 0. The van der Waals surface area contributed by atoms with Gasteiger partial charge in [-0.3, -0.25) is 9.89 Å². The molecule has 5 heteroatoms. The summed E-state index contributed by atoms with van der Waals surface area (Å²) in [5.74, 6) is 1.53. The molecule has 150 valence electrons. The van der Waals surface area contributed by atoms with E-state index in [1.165, 1.54) is 24.8 Å². The van der Waals surface area contributed by atoms with Crippen LogP contribution < -0.4 is 10.6 Å².